The maximum absolute atomic E-state index is 10.7. The van der Waals surface area contributed by atoms with Gasteiger partial charge in [0.15, 0.2) is 0 Å². The van der Waals surface area contributed by atoms with Gasteiger partial charge in [-0.2, -0.15) is 0 Å². The van der Waals surface area contributed by atoms with Gasteiger partial charge in [-0.3, -0.25) is 10.1 Å². The second kappa shape index (κ2) is 7.40. The maximum atomic E-state index is 10.7. The fourth-order valence-electron chi connectivity index (χ4n) is 0.851. The van der Waals surface area contributed by atoms with Gasteiger partial charge in [0, 0.05) is 31.9 Å². The molecule has 0 bridgehead atoms. The van der Waals surface area contributed by atoms with Crippen molar-refractivity contribution < 1.29 is 35.4 Å². The molecule has 4 N–H and O–H groups in total. The normalized spacial score (nSPS) is 9.24. The molecule has 0 aromatic heterocycles. The number of hydrogen-bond acceptors (Lipinski definition) is 6. The van der Waals surface area contributed by atoms with Crippen LogP contribution < -0.4 is 5.11 Å². The van der Waals surface area contributed by atoms with Gasteiger partial charge in [0.25, 0.3) is 5.69 Å². The average Bonchev–Trinajstić information content (AvgIpc) is 2.01. The van der Waals surface area contributed by atoms with Crippen molar-refractivity contribution in [1.82, 2.24) is 0 Å². The van der Waals surface area contributed by atoms with Crippen LogP contribution >= 0.6 is 0 Å². The molecule has 1 aromatic rings. The average molecular weight is 377 g/mol. The summed E-state index contributed by atoms with van der Waals surface area (Å²) in [5, 5.41) is 21.0. The summed E-state index contributed by atoms with van der Waals surface area (Å²) in [5.41, 5.74) is -0.993. The van der Waals surface area contributed by atoms with Gasteiger partial charge in [-0.15, -0.1) is 5.75 Å². The predicted octanol–water partition coefficient (Wildman–Crippen LogP) is -2.21. The van der Waals surface area contributed by atoms with E-state index in [-0.39, 0.29) is 36.8 Å². The smallest absolute Gasteiger partial charge is 0.286 e. The largest absolute Gasteiger partial charge is 0.872 e. The number of hydrogen-bond donors (Lipinski definition) is 0. The quantitative estimate of drug-likeness (QED) is 0.243. The molecule has 0 spiro atoms. The first-order valence-corrected chi connectivity index (χ1v) is 4.64. The van der Waals surface area contributed by atoms with E-state index in [9.17, 15) is 28.2 Å². The zero-order chi connectivity index (χ0) is 10.9. The molecule has 1 rings (SSSR count). The Labute approximate surface area is 115 Å². The zero-order valence-corrected chi connectivity index (χ0v) is 11.4. The second-order valence-electron chi connectivity index (χ2n) is 2.34. The number of benzene rings is 1. The van der Waals surface area contributed by atoms with Crippen LogP contribution in [0.1, 0.15) is 1.43 Å². The van der Waals surface area contributed by atoms with Crippen LogP contribution in [0.2, 0.25) is 0 Å². The summed E-state index contributed by atoms with van der Waals surface area (Å²) < 4.78 is 31.5. The molecule has 0 unspecified atom stereocenters. The molecular formula is C6H9NO8SSb-2. The van der Waals surface area contributed by atoms with Crippen molar-refractivity contribution in [3.8, 4) is 5.75 Å². The molecule has 11 heteroatoms. The molecule has 0 fully saturated rings. The Morgan fingerprint density at radius 3 is 2.06 bits per heavy atom. The van der Waals surface area contributed by atoms with Crippen LogP contribution in [0.4, 0.5) is 5.69 Å². The topological polar surface area (TPSA) is 186 Å². The van der Waals surface area contributed by atoms with E-state index in [0.717, 1.165) is 6.07 Å². The first kappa shape index (κ1) is 21.4. The minimum Gasteiger partial charge on any atom is -0.872 e. The predicted molar refractivity (Wildman–Crippen MR) is 55.6 cm³/mol. The Morgan fingerprint density at radius 2 is 1.71 bits per heavy atom. The van der Waals surface area contributed by atoms with Gasteiger partial charge in [0.2, 0.25) is 0 Å². The Bertz CT molecular complexity index is 492. The van der Waals surface area contributed by atoms with Crippen molar-refractivity contribution in [3.05, 3.63) is 28.3 Å². The second-order valence-corrected chi connectivity index (χ2v) is 3.69. The van der Waals surface area contributed by atoms with E-state index in [1.54, 1.807) is 0 Å². The summed E-state index contributed by atoms with van der Waals surface area (Å²) in [4.78, 5) is 8.19. The number of rotatable bonds is 2. The van der Waals surface area contributed by atoms with Crippen molar-refractivity contribution >= 4 is 40.2 Å². The molecule has 0 amide bonds. The van der Waals surface area contributed by atoms with E-state index >= 15 is 0 Å². The van der Waals surface area contributed by atoms with Crippen molar-refractivity contribution in [2.24, 2.45) is 0 Å². The van der Waals surface area contributed by atoms with Crippen molar-refractivity contribution in [2.75, 3.05) is 0 Å². The molecule has 9 nitrogen and oxygen atoms in total. The molecule has 1 aromatic carbocycles. The van der Waals surface area contributed by atoms with E-state index in [4.69, 9.17) is 0 Å². The molecule has 0 saturated carbocycles. The van der Waals surface area contributed by atoms with Gasteiger partial charge < -0.3 is 20.6 Å². The monoisotopic (exact) mass is 376 g/mol. The third kappa shape index (κ3) is 5.28. The maximum Gasteiger partial charge on any atom is 0.286 e. The first-order valence-electron chi connectivity index (χ1n) is 3.24. The van der Waals surface area contributed by atoms with Gasteiger partial charge >= 0.3 is 0 Å². The van der Waals surface area contributed by atoms with Crippen LogP contribution in [-0.2, 0) is 10.1 Å². The molecule has 17 heavy (non-hydrogen) atoms. The molecular weight excluding hydrogens is 368 g/mol. The van der Waals surface area contributed by atoms with Crippen LogP contribution in [0.25, 0.3) is 0 Å². The van der Waals surface area contributed by atoms with Crippen LogP contribution in [0.3, 0.4) is 0 Å². The Kier molecular flexibility index (Phi) is 9.31. The van der Waals surface area contributed by atoms with Crippen LogP contribution in [0, 0.1) is 10.1 Å². The Morgan fingerprint density at radius 1 is 1.24 bits per heavy atom. The SMILES string of the molecule is O.O.O=[N+]([O-])c1cc([O-])ccc1S(=O)(=O)[O-].[HH].[Sb]. The first-order chi connectivity index (χ1) is 6.32. The minimum atomic E-state index is -4.93. The molecule has 0 aliphatic heterocycles. The van der Waals surface area contributed by atoms with E-state index in [1.807, 2.05) is 0 Å². The molecule has 3 radical (unpaired) electrons. The zero-order valence-electron chi connectivity index (χ0n) is 7.98. The van der Waals surface area contributed by atoms with Gasteiger partial charge in [-0.25, -0.2) is 8.42 Å². The molecule has 0 aliphatic carbocycles. The number of nitro groups is 1. The van der Waals surface area contributed by atoms with Crippen molar-refractivity contribution in [1.29, 1.82) is 0 Å². The van der Waals surface area contributed by atoms with E-state index in [2.05, 4.69) is 0 Å². The van der Waals surface area contributed by atoms with E-state index in [1.165, 1.54) is 0 Å². The van der Waals surface area contributed by atoms with Crippen molar-refractivity contribution in [2.45, 2.75) is 4.90 Å². The molecule has 0 aliphatic rings. The van der Waals surface area contributed by atoms with Gasteiger partial charge in [0.05, 0.1) is 4.92 Å². The molecule has 0 atom stereocenters. The standard InChI is InChI=1S/C6H5NO6S.2H2O.Sb.H2/c8-4-1-2-6(14(11,12)13)5(3-4)7(9)10;;;;/h1-3,8H,(H,11,12,13);2*1H2;;1H/p-2. The summed E-state index contributed by atoms with van der Waals surface area (Å²) in [5.74, 6) is -0.732. The molecule has 0 heterocycles. The van der Waals surface area contributed by atoms with E-state index in [0.29, 0.717) is 12.1 Å². The summed E-state index contributed by atoms with van der Waals surface area (Å²) in [6.07, 6.45) is 0. The van der Waals surface area contributed by atoms with Crippen LogP contribution in [0.15, 0.2) is 23.1 Å². The third-order valence-electron chi connectivity index (χ3n) is 1.40. The molecule has 99 valence electrons. The fourth-order valence-corrected chi connectivity index (χ4v) is 1.48. The van der Waals surface area contributed by atoms with Gasteiger partial charge in [-0.1, -0.05) is 6.07 Å². The summed E-state index contributed by atoms with van der Waals surface area (Å²) >= 11 is 0. The van der Waals surface area contributed by atoms with Gasteiger partial charge in [-0.05, 0) is 6.07 Å². The number of nitrogens with zero attached hydrogens (tertiary/aromatic N) is 1. The van der Waals surface area contributed by atoms with Gasteiger partial charge in [0.1, 0.15) is 15.0 Å². The van der Waals surface area contributed by atoms with E-state index < -0.39 is 31.4 Å². The van der Waals surface area contributed by atoms with Crippen LogP contribution in [-0.4, -0.2) is 53.3 Å². The summed E-state index contributed by atoms with van der Waals surface area (Å²) in [6, 6.07) is 1.89. The Hall–Kier alpha value is -0.932. The minimum absolute atomic E-state index is 0. The van der Waals surface area contributed by atoms with Crippen LogP contribution in [0.5, 0.6) is 5.75 Å². The fraction of sp³-hybridized carbons (Fsp3) is 0. The Balaban J connectivity index is -0.000000245. The number of nitro benzene ring substituents is 1. The summed E-state index contributed by atoms with van der Waals surface area (Å²) in [7, 11) is -4.93. The third-order valence-corrected chi connectivity index (χ3v) is 2.28. The van der Waals surface area contributed by atoms with Crippen molar-refractivity contribution in [3.63, 3.8) is 0 Å². The summed E-state index contributed by atoms with van der Waals surface area (Å²) in [6.45, 7) is 0. The molecule has 0 saturated heterocycles.